The van der Waals surface area contributed by atoms with Crippen molar-refractivity contribution < 1.29 is 0 Å². The number of benzene rings is 1. The largest absolute Gasteiger partial charge is 0.344 e. The van der Waals surface area contributed by atoms with Gasteiger partial charge in [-0.15, -0.1) is 0 Å². The number of nitrogens with two attached hydrogens (primary N) is 1. The van der Waals surface area contributed by atoms with Crippen molar-refractivity contribution in [3.8, 4) is 11.3 Å². The van der Waals surface area contributed by atoms with Gasteiger partial charge in [0.1, 0.15) is 5.82 Å². The monoisotopic (exact) mass is 257 g/mol. The first-order valence-corrected chi connectivity index (χ1v) is 6.64. The molecule has 0 bridgehead atoms. The maximum absolute atomic E-state index is 6.12. The number of imidazole rings is 1. The van der Waals surface area contributed by atoms with Gasteiger partial charge in [-0.3, -0.25) is 0 Å². The van der Waals surface area contributed by atoms with Crippen LogP contribution in [0, 0.1) is 27.7 Å². The molecule has 1 aromatic heterocycles. The van der Waals surface area contributed by atoms with Gasteiger partial charge in [0, 0.05) is 11.3 Å². The fraction of sp³-hybridized carbons (Fsp3) is 0.438. The molecule has 0 unspecified atom stereocenters. The third kappa shape index (κ3) is 2.56. The predicted molar refractivity (Wildman–Crippen MR) is 80.2 cm³/mol. The Balaban J connectivity index is 2.64. The summed E-state index contributed by atoms with van der Waals surface area (Å²) in [6.45, 7) is 12.4. The molecule has 3 N–H and O–H groups in total. The second-order valence-corrected chi connectivity index (χ2v) is 6.05. The van der Waals surface area contributed by atoms with E-state index in [1.807, 2.05) is 13.8 Å². The lowest BCUT2D eigenvalue weighted by Crippen LogP contribution is -2.30. The molecular formula is C16H23N3. The second kappa shape index (κ2) is 4.49. The van der Waals surface area contributed by atoms with E-state index in [0.717, 1.165) is 17.2 Å². The van der Waals surface area contributed by atoms with Crippen molar-refractivity contribution in [1.82, 2.24) is 9.97 Å². The molecule has 3 nitrogen and oxygen atoms in total. The summed E-state index contributed by atoms with van der Waals surface area (Å²) in [5.41, 5.74) is 12.8. The molecule has 2 rings (SSSR count). The molecule has 102 valence electrons. The Morgan fingerprint density at radius 3 is 2.00 bits per heavy atom. The Hall–Kier alpha value is -1.61. The smallest absolute Gasteiger partial charge is 0.126 e. The lowest BCUT2D eigenvalue weighted by molar-refractivity contribution is 0.520. The van der Waals surface area contributed by atoms with E-state index in [2.05, 4.69) is 44.8 Å². The summed E-state index contributed by atoms with van der Waals surface area (Å²) in [6, 6.07) is 4.40. The number of rotatable bonds is 2. The molecule has 19 heavy (non-hydrogen) atoms. The Morgan fingerprint density at radius 2 is 1.58 bits per heavy atom. The van der Waals surface area contributed by atoms with E-state index in [-0.39, 0.29) is 0 Å². The van der Waals surface area contributed by atoms with Gasteiger partial charge in [-0.2, -0.15) is 0 Å². The number of H-pyrrole nitrogens is 1. The standard InChI is InChI=1S/C16H23N3/c1-9-7-10(2)13(11(3)8-9)14-12(4)18-15(19-14)16(5,6)17/h7-8H,17H2,1-6H3,(H,18,19). The summed E-state index contributed by atoms with van der Waals surface area (Å²) in [5.74, 6) is 0.833. The maximum Gasteiger partial charge on any atom is 0.126 e. The lowest BCUT2D eigenvalue weighted by Gasteiger charge is -2.14. The third-order valence-corrected chi connectivity index (χ3v) is 3.41. The van der Waals surface area contributed by atoms with Gasteiger partial charge in [-0.25, -0.2) is 4.98 Å². The average molecular weight is 257 g/mol. The van der Waals surface area contributed by atoms with Crippen molar-refractivity contribution in [3.05, 3.63) is 40.3 Å². The highest BCUT2D eigenvalue weighted by Crippen LogP contribution is 2.30. The van der Waals surface area contributed by atoms with Crippen LogP contribution in [0.4, 0.5) is 0 Å². The summed E-state index contributed by atoms with van der Waals surface area (Å²) < 4.78 is 0. The molecule has 1 heterocycles. The van der Waals surface area contributed by atoms with Gasteiger partial charge in [0.05, 0.1) is 11.2 Å². The molecule has 0 atom stereocenters. The van der Waals surface area contributed by atoms with Crippen LogP contribution in [0.15, 0.2) is 12.1 Å². The van der Waals surface area contributed by atoms with E-state index in [0.29, 0.717) is 0 Å². The number of hydrogen-bond donors (Lipinski definition) is 2. The zero-order valence-electron chi connectivity index (χ0n) is 12.7. The summed E-state index contributed by atoms with van der Waals surface area (Å²) in [4.78, 5) is 8.04. The Kier molecular flexibility index (Phi) is 3.27. The highest BCUT2D eigenvalue weighted by atomic mass is 15.0. The Labute approximate surface area is 115 Å². The van der Waals surface area contributed by atoms with Crippen LogP contribution in [0.1, 0.15) is 42.1 Å². The zero-order valence-corrected chi connectivity index (χ0v) is 12.7. The van der Waals surface area contributed by atoms with Gasteiger partial charge in [0.2, 0.25) is 0 Å². The first-order valence-electron chi connectivity index (χ1n) is 6.64. The van der Waals surface area contributed by atoms with Crippen LogP contribution in [0.5, 0.6) is 0 Å². The van der Waals surface area contributed by atoms with Crippen LogP contribution >= 0.6 is 0 Å². The molecule has 0 amide bonds. The summed E-state index contributed by atoms with van der Waals surface area (Å²) >= 11 is 0. The molecular weight excluding hydrogens is 234 g/mol. The van der Waals surface area contributed by atoms with Crippen molar-refractivity contribution in [2.45, 2.75) is 47.1 Å². The zero-order chi connectivity index (χ0) is 14.4. The van der Waals surface area contributed by atoms with Crippen LogP contribution in [-0.4, -0.2) is 9.97 Å². The molecule has 0 saturated heterocycles. The van der Waals surface area contributed by atoms with Gasteiger partial charge in [0.15, 0.2) is 0 Å². The average Bonchev–Trinajstić information content (AvgIpc) is 2.59. The fourth-order valence-corrected chi connectivity index (χ4v) is 2.56. The van der Waals surface area contributed by atoms with Gasteiger partial charge >= 0.3 is 0 Å². The van der Waals surface area contributed by atoms with Crippen molar-refractivity contribution in [2.24, 2.45) is 5.73 Å². The van der Waals surface area contributed by atoms with E-state index in [9.17, 15) is 0 Å². The van der Waals surface area contributed by atoms with Crippen molar-refractivity contribution >= 4 is 0 Å². The van der Waals surface area contributed by atoms with E-state index in [1.54, 1.807) is 0 Å². The minimum atomic E-state index is -0.449. The van der Waals surface area contributed by atoms with Crippen molar-refractivity contribution in [2.75, 3.05) is 0 Å². The first-order chi connectivity index (χ1) is 8.70. The maximum atomic E-state index is 6.12. The molecule has 0 spiro atoms. The number of aryl methyl sites for hydroxylation is 4. The van der Waals surface area contributed by atoms with Gasteiger partial charge in [-0.05, 0) is 52.7 Å². The van der Waals surface area contributed by atoms with Gasteiger partial charge in [-0.1, -0.05) is 17.7 Å². The molecule has 0 fully saturated rings. The topological polar surface area (TPSA) is 54.7 Å². The van der Waals surface area contributed by atoms with E-state index in [4.69, 9.17) is 10.7 Å². The van der Waals surface area contributed by atoms with Crippen LogP contribution < -0.4 is 5.73 Å². The Morgan fingerprint density at radius 1 is 1.05 bits per heavy atom. The SMILES string of the molecule is Cc1cc(C)c(-c2nc(C(C)(C)N)[nH]c2C)c(C)c1. The number of nitrogens with one attached hydrogen (secondary N) is 1. The molecule has 0 aliphatic carbocycles. The third-order valence-electron chi connectivity index (χ3n) is 3.41. The number of hydrogen-bond acceptors (Lipinski definition) is 2. The van der Waals surface area contributed by atoms with Gasteiger partial charge < -0.3 is 10.7 Å². The summed E-state index contributed by atoms with van der Waals surface area (Å²) in [5, 5.41) is 0. The molecule has 3 heteroatoms. The van der Waals surface area contributed by atoms with Crippen LogP contribution in [0.3, 0.4) is 0 Å². The lowest BCUT2D eigenvalue weighted by atomic mass is 9.96. The van der Waals surface area contributed by atoms with E-state index < -0.39 is 5.54 Å². The Bertz CT molecular complexity index is 592. The molecule has 0 saturated carbocycles. The molecule has 0 aliphatic heterocycles. The normalized spacial score (nSPS) is 11.9. The van der Waals surface area contributed by atoms with Crippen LogP contribution in [0.2, 0.25) is 0 Å². The van der Waals surface area contributed by atoms with E-state index >= 15 is 0 Å². The number of aromatic amines is 1. The minimum Gasteiger partial charge on any atom is -0.344 e. The van der Waals surface area contributed by atoms with Crippen molar-refractivity contribution in [1.29, 1.82) is 0 Å². The second-order valence-electron chi connectivity index (χ2n) is 6.05. The summed E-state index contributed by atoms with van der Waals surface area (Å²) in [6.07, 6.45) is 0. The first kappa shape index (κ1) is 13.8. The predicted octanol–water partition coefficient (Wildman–Crippen LogP) is 3.50. The fourth-order valence-electron chi connectivity index (χ4n) is 2.56. The molecule has 1 aromatic carbocycles. The summed E-state index contributed by atoms with van der Waals surface area (Å²) in [7, 11) is 0. The number of nitrogens with zero attached hydrogens (tertiary/aromatic N) is 1. The molecule has 0 aliphatic rings. The van der Waals surface area contributed by atoms with Crippen LogP contribution in [-0.2, 0) is 5.54 Å². The quantitative estimate of drug-likeness (QED) is 0.865. The van der Waals surface area contributed by atoms with E-state index in [1.165, 1.54) is 22.3 Å². The molecule has 0 radical (unpaired) electrons. The molecule has 2 aromatic rings. The van der Waals surface area contributed by atoms with Crippen LogP contribution in [0.25, 0.3) is 11.3 Å². The van der Waals surface area contributed by atoms with Gasteiger partial charge in [0.25, 0.3) is 0 Å². The highest BCUT2D eigenvalue weighted by Gasteiger charge is 2.21. The number of aromatic nitrogens is 2. The minimum absolute atomic E-state index is 0.449. The van der Waals surface area contributed by atoms with Crippen molar-refractivity contribution in [3.63, 3.8) is 0 Å². The highest BCUT2D eigenvalue weighted by molar-refractivity contribution is 5.70.